The zero-order valence-electron chi connectivity index (χ0n) is 11.1. The average Bonchev–Trinajstić information content (AvgIpc) is 2.37. The standard InChI is InChI=1S/C16H20O2/c1-10-8-16(2)13-7-11(10)9-17-15(13)12-5-3-4-6-14(12)18-16/h3-6,10-11,13,15H,7-9H2,1-2H3/t10-,11-,13-,15+,16-/m1/s1. The second-order valence-corrected chi connectivity index (χ2v) is 6.49. The van der Waals surface area contributed by atoms with Crippen molar-refractivity contribution < 1.29 is 9.47 Å². The predicted molar refractivity (Wildman–Crippen MR) is 69.5 cm³/mol. The maximum atomic E-state index is 6.37. The molecule has 3 aliphatic rings. The molecular formula is C16H20O2. The van der Waals surface area contributed by atoms with Gasteiger partial charge < -0.3 is 9.47 Å². The molecule has 2 bridgehead atoms. The third-order valence-electron chi connectivity index (χ3n) is 5.30. The van der Waals surface area contributed by atoms with Gasteiger partial charge in [-0.15, -0.1) is 0 Å². The molecule has 2 aliphatic heterocycles. The zero-order valence-corrected chi connectivity index (χ0v) is 11.1. The Labute approximate surface area is 108 Å². The van der Waals surface area contributed by atoms with Gasteiger partial charge in [-0.2, -0.15) is 0 Å². The van der Waals surface area contributed by atoms with Gasteiger partial charge in [0, 0.05) is 11.5 Å². The fourth-order valence-electron chi connectivity index (χ4n) is 4.27. The van der Waals surface area contributed by atoms with E-state index in [0.29, 0.717) is 11.8 Å². The van der Waals surface area contributed by atoms with Crippen LogP contribution in [0.1, 0.15) is 38.4 Å². The van der Waals surface area contributed by atoms with Gasteiger partial charge in [-0.25, -0.2) is 0 Å². The van der Waals surface area contributed by atoms with Crippen molar-refractivity contribution >= 4 is 0 Å². The van der Waals surface area contributed by atoms with Crippen LogP contribution >= 0.6 is 0 Å². The maximum absolute atomic E-state index is 6.37. The van der Waals surface area contributed by atoms with Crippen molar-refractivity contribution in [1.82, 2.24) is 0 Å². The fraction of sp³-hybridized carbons (Fsp3) is 0.625. The van der Waals surface area contributed by atoms with Gasteiger partial charge >= 0.3 is 0 Å². The number of ether oxygens (including phenoxy) is 2. The van der Waals surface area contributed by atoms with Crippen LogP contribution in [-0.4, -0.2) is 12.2 Å². The Hall–Kier alpha value is -1.02. The topological polar surface area (TPSA) is 18.5 Å². The van der Waals surface area contributed by atoms with E-state index in [0.717, 1.165) is 24.7 Å². The van der Waals surface area contributed by atoms with E-state index in [1.54, 1.807) is 0 Å². The van der Waals surface area contributed by atoms with Crippen LogP contribution < -0.4 is 4.74 Å². The first kappa shape index (κ1) is 10.9. The van der Waals surface area contributed by atoms with E-state index in [1.165, 1.54) is 12.0 Å². The van der Waals surface area contributed by atoms with Crippen molar-refractivity contribution in [3.8, 4) is 5.75 Å². The highest BCUT2D eigenvalue weighted by Gasteiger charge is 2.54. The van der Waals surface area contributed by atoms with Gasteiger partial charge in [-0.1, -0.05) is 25.1 Å². The monoisotopic (exact) mass is 244 g/mol. The van der Waals surface area contributed by atoms with Crippen LogP contribution in [0.4, 0.5) is 0 Å². The highest BCUT2D eigenvalue weighted by Crippen LogP contribution is 2.56. The molecule has 0 unspecified atom stereocenters. The molecule has 5 atom stereocenters. The minimum Gasteiger partial charge on any atom is -0.487 e. The van der Waals surface area contributed by atoms with Crippen LogP contribution in [0.5, 0.6) is 5.75 Å². The number of hydrogen-bond acceptors (Lipinski definition) is 2. The summed E-state index contributed by atoms with van der Waals surface area (Å²) < 4.78 is 12.6. The summed E-state index contributed by atoms with van der Waals surface area (Å²) in [6.45, 7) is 5.55. The van der Waals surface area contributed by atoms with Gasteiger partial charge in [-0.3, -0.25) is 0 Å². The Bertz CT molecular complexity index is 484. The molecule has 0 amide bonds. The van der Waals surface area contributed by atoms with Crippen molar-refractivity contribution in [2.24, 2.45) is 17.8 Å². The van der Waals surface area contributed by atoms with E-state index >= 15 is 0 Å². The van der Waals surface area contributed by atoms with Crippen LogP contribution in [0.3, 0.4) is 0 Å². The lowest BCUT2D eigenvalue weighted by molar-refractivity contribution is -0.184. The Morgan fingerprint density at radius 1 is 1.28 bits per heavy atom. The van der Waals surface area contributed by atoms with E-state index in [9.17, 15) is 0 Å². The van der Waals surface area contributed by atoms with Gasteiger partial charge in [-0.05, 0) is 37.7 Å². The third-order valence-corrected chi connectivity index (χ3v) is 5.30. The Kier molecular flexibility index (Phi) is 2.12. The summed E-state index contributed by atoms with van der Waals surface area (Å²) in [5, 5.41) is 0. The molecule has 18 heavy (non-hydrogen) atoms. The molecule has 2 heteroatoms. The normalized spacial score (nSPS) is 45.0. The molecule has 0 radical (unpaired) electrons. The minimum absolute atomic E-state index is 0.0324. The van der Waals surface area contributed by atoms with Gasteiger partial charge in [0.05, 0.1) is 12.7 Å². The van der Waals surface area contributed by atoms with Gasteiger partial charge in [0.2, 0.25) is 0 Å². The molecule has 1 saturated heterocycles. The lowest BCUT2D eigenvalue weighted by atomic mass is 9.62. The number of fused-ring (bicyclic) bond motifs is 3. The average molecular weight is 244 g/mol. The van der Waals surface area contributed by atoms with E-state index in [2.05, 4.69) is 38.1 Å². The van der Waals surface area contributed by atoms with E-state index < -0.39 is 0 Å². The third kappa shape index (κ3) is 1.33. The van der Waals surface area contributed by atoms with Gasteiger partial charge in [0.15, 0.2) is 0 Å². The number of hydrogen-bond donors (Lipinski definition) is 0. The molecule has 96 valence electrons. The molecular weight excluding hydrogens is 224 g/mol. The van der Waals surface area contributed by atoms with Crippen molar-refractivity contribution in [2.45, 2.75) is 38.4 Å². The maximum Gasteiger partial charge on any atom is 0.125 e. The lowest BCUT2D eigenvalue weighted by Crippen LogP contribution is -2.56. The molecule has 2 heterocycles. The summed E-state index contributed by atoms with van der Waals surface area (Å²) in [7, 11) is 0. The van der Waals surface area contributed by atoms with Crippen LogP contribution in [0.15, 0.2) is 24.3 Å². The Morgan fingerprint density at radius 2 is 2.11 bits per heavy atom. The number of rotatable bonds is 0. The molecule has 2 nitrogen and oxygen atoms in total. The minimum atomic E-state index is -0.0324. The second kappa shape index (κ2) is 3.51. The lowest BCUT2D eigenvalue weighted by Gasteiger charge is -2.55. The van der Waals surface area contributed by atoms with Gasteiger partial charge in [0.25, 0.3) is 0 Å². The smallest absolute Gasteiger partial charge is 0.125 e. The van der Waals surface area contributed by atoms with Crippen LogP contribution in [-0.2, 0) is 4.74 Å². The highest BCUT2D eigenvalue weighted by atomic mass is 16.5. The highest BCUT2D eigenvalue weighted by molar-refractivity contribution is 5.39. The largest absolute Gasteiger partial charge is 0.487 e. The number of para-hydroxylation sites is 1. The molecule has 1 aromatic carbocycles. The molecule has 0 aromatic heterocycles. The van der Waals surface area contributed by atoms with Crippen LogP contribution in [0, 0.1) is 17.8 Å². The van der Waals surface area contributed by atoms with Crippen LogP contribution in [0.2, 0.25) is 0 Å². The molecule has 2 fully saturated rings. The first-order valence-corrected chi connectivity index (χ1v) is 7.07. The molecule has 4 rings (SSSR count). The Balaban J connectivity index is 1.83. The molecule has 1 saturated carbocycles. The molecule has 0 spiro atoms. The predicted octanol–water partition coefficient (Wildman–Crippen LogP) is 3.57. The molecule has 1 aromatic rings. The first-order chi connectivity index (χ1) is 8.67. The molecule has 1 aliphatic carbocycles. The van der Waals surface area contributed by atoms with Crippen molar-refractivity contribution in [3.05, 3.63) is 29.8 Å². The molecule has 0 N–H and O–H groups in total. The van der Waals surface area contributed by atoms with Crippen molar-refractivity contribution in [1.29, 1.82) is 0 Å². The first-order valence-electron chi connectivity index (χ1n) is 7.07. The summed E-state index contributed by atoms with van der Waals surface area (Å²) in [4.78, 5) is 0. The zero-order chi connectivity index (χ0) is 12.3. The van der Waals surface area contributed by atoms with E-state index in [1.807, 2.05) is 0 Å². The van der Waals surface area contributed by atoms with Crippen LogP contribution in [0.25, 0.3) is 0 Å². The summed E-state index contributed by atoms with van der Waals surface area (Å²) in [5.74, 6) is 3.00. The summed E-state index contributed by atoms with van der Waals surface area (Å²) in [5.41, 5.74) is 1.23. The van der Waals surface area contributed by atoms with Gasteiger partial charge in [0.1, 0.15) is 11.4 Å². The van der Waals surface area contributed by atoms with Crippen molar-refractivity contribution in [2.75, 3.05) is 6.61 Å². The van der Waals surface area contributed by atoms with E-state index in [-0.39, 0.29) is 11.7 Å². The van der Waals surface area contributed by atoms with E-state index in [4.69, 9.17) is 9.47 Å². The summed E-state index contributed by atoms with van der Waals surface area (Å²) >= 11 is 0. The second-order valence-electron chi connectivity index (χ2n) is 6.49. The summed E-state index contributed by atoms with van der Waals surface area (Å²) in [6, 6.07) is 8.40. The summed E-state index contributed by atoms with van der Waals surface area (Å²) in [6.07, 6.45) is 2.68. The fourth-order valence-corrected chi connectivity index (χ4v) is 4.27. The SMILES string of the molecule is C[C@@H]1C[C@@]2(C)Oc3ccccc3[C@@H]3OC[C@H]1C[C@H]32. The number of benzene rings is 1. The Morgan fingerprint density at radius 3 is 3.00 bits per heavy atom. The quantitative estimate of drug-likeness (QED) is 0.694. The van der Waals surface area contributed by atoms with Crippen molar-refractivity contribution in [3.63, 3.8) is 0 Å².